The molecule has 0 aromatic heterocycles. The summed E-state index contributed by atoms with van der Waals surface area (Å²) in [6.45, 7) is 6.84. The van der Waals surface area contributed by atoms with Gasteiger partial charge < -0.3 is 53.8 Å². The number of carbonyl (C=O) groups excluding carboxylic acids is 3. The third kappa shape index (κ3) is 11.0. The van der Waals surface area contributed by atoms with Crippen LogP contribution in [0, 0.1) is 0 Å². The fourth-order valence-corrected chi connectivity index (χ4v) is 2.75. The molecule has 1 rings (SSSR count). The number of ether oxygens (including phenoxy) is 4. The van der Waals surface area contributed by atoms with Gasteiger partial charge in [0.05, 0.1) is 18.0 Å². The van der Waals surface area contributed by atoms with Crippen LogP contribution in [-0.4, -0.2) is 91.5 Å². The van der Waals surface area contributed by atoms with Crippen LogP contribution in [0.25, 0.3) is 0 Å². The van der Waals surface area contributed by atoms with E-state index in [0.717, 1.165) is 0 Å². The molecule has 0 aliphatic carbocycles. The Morgan fingerprint density at radius 2 is 1.72 bits per heavy atom. The first-order valence-corrected chi connectivity index (χ1v) is 9.35. The summed E-state index contributed by atoms with van der Waals surface area (Å²) in [5, 5.41) is 40.7. The van der Waals surface area contributed by atoms with Crippen LogP contribution in [0.1, 0.15) is 26.7 Å². The summed E-state index contributed by atoms with van der Waals surface area (Å²) in [7, 11) is 2.57. The maximum Gasteiger partial charge on any atom is 1.00 e. The van der Waals surface area contributed by atoms with E-state index < -0.39 is 60.8 Å². The van der Waals surface area contributed by atoms with Gasteiger partial charge in [-0.2, -0.15) is 0 Å². The third-order valence-corrected chi connectivity index (χ3v) is 4.50. The van der Waals surface area contributed by atoms with E-state index in [1.54, 1.807) is 13.8 Å². The van der Waals surface area contributed by atoms with Gasteiger partial charge in [0.25, 0.3) is 0 Å². The van der Waals surface area contributed by atoms with E-state index in [1.165, 1.54) is 20.3 Å². The molecule has 1 fully saturated rings. The molecule has 0 spiro atoms. The Labute approximate surface area is 232 Å². The fraction of sp³-hybridized carbons (Fsp3) is 0.737. The van der Waals surface area contributed by atoms with E-state index in [2.05, 4.69) is 6.58 Å². The smallest absolute Gasteiger partial charge is 0.547 e. The van der Waals surface area contributed by atoms with Gasteiger partial charge in [0.1, 0.15) is 49.0 Å². The van der Waals surface area contributed by atoms with Gasteiger partial charge in [-0.15, -0.1) is 6.58 Å². The molecule has 0 aromatic rings. The Morgan fingerprint density at radius 1 is 1.16 bits per heavy atom. The number of rotatable bonds is 11. The number of hydrogen-bond donors (Lipinski definition) is 2. The van der Waals surface area contributed by atoms with Gasteiger partial charge in [0.15, 0.2) is 0 Å². The van der Waals surface area contributed by atoms with Crippen molar-refractivity contribution in [2.45, 2.75) is 75.5 Å². The molecule has 8 atom stereocenters. The minimum absolute atomic E-state index is 0. The summed E-state index contributed by atoms with van der Waals surface area (Å²) >= 11 is 0. The van der Waals surface area contributed by atoms with Gasteiger partial charge in [-0.05, 0) is 12.8 Å². The molecule has 1 saturated heterocycles. The topological polar surface area (TPSA) is 175 Å². The molecule has 0 saturated carbocycles. The van der Waals surface area contributed by atoms with E-state index in [1.807, 2.05) is 0 Å². The Balaban J connectivity index is -0.000000495. The molecule has 1 aliphatic heterocycles. The molecule has 8 unspecified atom stereocenters. The number of methoxy groups -OCH3 is 2. The standard InChI is InChI=1S/C10H16O5.C9H16O6.2Na/c1-4-7(6-11)15-9(10(12)13)8(5-2)14-3;1-3-4-5(10)6(11)7(14-2)8(15-4)9(12)13;;/h5-9H,2,4H2,1,3H3,(H,12,13);4-8,10-11H,3H2,1-2H3,(H,12,13);;/q;;2*+1/p-2. The molecule has 0 amide bonds. The van der Waals surface area contributed by atoms with Crippen molar-refractivity contribution < 1.29 is 113 Å². The second-order valence-corrected chi connectivity index (χ2v) is 6.40. The second-order valence-electron chi connectivity index (χ2n) is 6.40. The average molecular weight is 480 g/mol. The van der Waals surface area contributed by atoms with Gasteiger partial charge in [-0.3, -0.25) is 0 Å². The van der Waals surface area contributed by atoms with Crippen LogP contribution in [-0.2, 0) is 33.3 Å². The van der Waals surface area contributed by atoms with Crippen LogP contribution in [0.5, 0.6) is 0 Å². The van der Waals surface area contributed by atoms with Crippen molar-refractivity contribution in [3.8, 4) is 0 Å². The van der Waals surface area contributed by atoms with E-state index in [-0.39, 0.29) is 59.1 Å². The first kappa shape index (κ1) is 36.7. The molecular weight excluding hydrogens is 450 g/mol. The summed E-state index contributed by atoms with van der Waals surface area (Å²) in [6, 6.07) is 0. The van der Waals surface area contributed by atoms with Gasteiger partial charge >= 0.3 is 59.1 Å². The third-order valence-electron chi connectivity index (χ3n) is 4.50. The van der Waals surface area contributed by atoms with Gasteiger partial charge in [-0.25, -0.2) is 0 Å². The Bertz CT molecular complexity index is 563. The van der Waals surface area contributed by atoms with Crippen LogP contribution in [0.3, 0.4) is 0 Å². The van der Waals surface area contributed by atoms with Crippen molar-refractivity contribution in [2.75, 3.05) is 14.2 Å². The number of aliphatic hydroxyl groups excluding tert-OH is 2. The zero-order valence-corrected chi connectivity index (χ0v) is 23.5. The molecule has 0 radical (unpaired) electrons. The van der Waals surface area contributed by atoms with Crippen LogP contribution >= 0.6 is 0 Å². The quantitative estimate of drug-likeness (QED) is 0.163. The molecule has 13 heteroatoms. The number of carbonyl (C=O) groups is 3. The van der Waals surface area contributed by atoms with Crippen molar-refractivity contribution >= 4 is 18.2 Å². The van der Waals surface area contributed by atoms with E-state index >= 15 is 0 Å². The normalized spacial score (nSPS) is 27.1. The van der Waals surface area contributed by atoms with Crippen LogP contribution in [0.4, 0.5) is 0 Å². The molecule has 1 heterocycles. The van der Waals surface area contributed by atoms with E-state index in [4.69, 9.17) is 18.9 Å². The molecule has 32 heavy (non-hydrogen) atoms. The molecule has 0 aromatic carbocycles. The Kier molecular flexibility index (Phi) is 22.3. The number of carboxylic acids is 2. The van der Waals surface area contributed by atoms with Crippen LogP contribution < -0.4 is 69.3 Å². The monoisotopic (exact) mass is 480 g/mol. The second kappa shape index (κ2) is 19.4. The Morgan fingerprint density at radius 3 is 2.03 bits per heavy atom. The van der Waals surface area contributed by atoms with E-state index in [9.17, 15) is 34.8 Å². The number of carboxylic acid groups (broad SMARTS) is 2. The molecule has 2 N–H and O–H groups in total. The largest absolute Gasteiger partial charge is 1.00 e. The number of hydrogen-bond acceptors (Lipinski definition) is 11. The Hall–Kier alpha value is 0.110. The number of aliphatic carboxylic acids is 2. The molecule has 11 nitrogen and oxygen atoms in total. The molecule has 1 aliphatic rings. The van der Waals surface area contributed by atoms with Crippen molar-refractivity contribution in [2.24, 2.45) is 0 Å². The minimum atomic E-state index is -1.45. The van der Waals surface area contributed by atoms with Crippen molar-refractivity contribution in [1.29, 1.82) is 0 Å². The predicted octanol–water partition coefficient (Wildman–Crippen LogP) is -9.04. The first-order valence-electron chi connectivity index (χ1n) is 9.35. The van der Waals surface area contributed by atoms with Gasteiger partial charge in [0, 0.05) is 14.2 Å². The minimum Gasteiger partial charge on any atom is -0.547 e. The van der Waals surface area contributed by atoms with E-state index in [0.29, 0.717) is 19.1 Å². The SMILES string of the molecule is C=CC(OC)C(OC(C=O)CC)C(=O)[O-].CCC1OC(C(=O)[O-])C(OC)C(O)C1O.[Na+].[Na+]. The number of aliphatic hydroxyl groups is 2. The first-order chi connectivity index (χ1) is 14.1. The summed E-state index contributed by atoms with van der Waals surface area (Å²) < 4.78 is 19.7. The molecule has 174 valence electrons. The zero-order chi connectivity index (χ0) is 23.4. The summed E-state index contributed by atoms with van der Waals surface area (Å²) in [5.74, 6) is -2.88. The maximum atomic E-state index is 10.7. The molecule has 0 bridgehead atoms. The number of aldehydes is 1. The average Bonchev–Trinajstić information content (AvgIpc) is 2.73. The van der Waals surface area contributed by atoms with Crippen molar-refractivity contribution in [3.63, 3.8) is 0 Å². The maximum absolute atomic E-state index is 10.7. The fourth-order valence-electron chi connectivity index (χ4n) is 2.75. The summed E-state index contributed by atoms with van der Waals surface area (Å²) in [4.78, 5) is 32.0. The predicted molar refractivity (Wildman–Crippen MR) is 97.8 cm³/mol. The van der Waals surface area contributed by atoms with Crippen LogP contribution in [0.2, 0.25) is 0 Å². The van der Waals surface area contributed by atoms with Crippen LogP contribution in [0.15, 0.2) is 12.7 Å². The van der Waals surface area contributed by atoms with Gasteiger partial charge in [0.2, 0.25) is 0 Å². The molecular formula is C19H30Na2O11. The summed E-state index contributed by atoms with van der Waals surface area (Å²) in [6.07, 6.45) is -5.88. The summed E-state index contributed by atoms with van der Waals surface area (Å²) in [5.41, 5.74) is 0. The van der Waals surface area contributed by atoms with Gasteiger partial charge in [-0.1, -0.05) is 19.9 Å². The van der Waals surface area contributed by atoms with Crippen molar-refractivity contribution in [3.05, 3.63) is 12.7 Å². The zero-order valence-electron chi connectivity index (χ0n) is 19.5. The van der Waals surface area contributed by atoms with Crippen molar-refractivity contribution in [1.82, 2.24) is 0 Å².